The molecule has 0 aliphatic carbocycles. The molecule has 1 aliphatic heterocycles. The van der Waals surface area contributed by atoms with Crippen LogP contribution in [0.2, 0.25) is 0 Å². The molecule has 2 atom stereocenters. The van der Waals surface area contributed by atoms with Crippen LogP contribution in [0.25, 0.3) is 0 Å². The number of nitrogens with two attached hydrogens (primary N) is 1. The van der Waals surface area contributed by atoms with Crippen LogP contribution in [0, 0.1) is 0 Å². The van der Waals surface area contributed by atoms with Crippen LogP contribution in [-0.4, -0.2) is 40.3 Å². The van der Waals surface area contributed by atoms with Crippen LogP contribution in [0.15, 0.2) is 34.9 Å². The zero-order valence-electron chi connectivity index (χ0n) is 12.3. The Kier molecular flexibility index (Phi) is 4.36. The van der Waals surface area contributed by atoms with Crippen molar-refractivity contribution in [3.8, 4) is 0 Å². The van der Waals surface area contributed by atoms with E-state index in [2.05, 4.69) is 10.1 Å². The number of halogens is 3. The third kappa shape index (κ3) is 4.08. The van der Waals surface area contributed by atoms with E-state index in [0.29, 0.717) is 19.6 Å². The van der Waals surface area contributed by atoms with Crippen LogP contribution in [0.5, 0.6) is 0 Å². The second-order valence-electron chi connectivity index (χ2n) is 5.77. The molecule has 1 aliphatic rings. The van der Waals surface area contributed by atoms with Gasteiger partial charge < -0.3 is 10.3 Å². The van der Waals surface area contributed by atoms with Gasteiger partial charge in [0, 0.05) is 25.0 Å². The van der Waals surface area contributed by atoms with Crippen LogP contribution in [0.1, 0.15) is 23.2 Å². The summed E-state index contributed by atoms with van der Waals surface area (Å²) in [5.74, 6) is 0.0366. The molecular weight excluding hydrogens is 309 g/mol. The van der Waals surface area contributed by atoms with Gasteiger partial charge in [-0.2, -0.15) is 18.2 Å². The van der Waals surface area contributed by atoms with Crippen molar-refractivity contribution >= 4 is 0 Å². The summed E-state index contributed by atoms with van der Waals surface area (Å²) in [6.45, 7) is 1.65. The topological polar surface area (TPSA) is 68.2 Å². The molecule has 3 rings (SSSR count). The van der Waals surface area contributed by atoms with Gasteiger partial charge in [-0.15, -0.1) is 0 Å². The molecule has 0 radical (unpaired) electrons. The van der Waals surface area contributed by atoms with Crippen molar-refractivity contribution in [2.24, 2.45) is 5.73 Å². The summed E-state index contributed by atoms with van der Waals surface area (Å²) in [6.07, 6.45) is -5.52. The fraction of sp³-hybridized carbons (Fsp3) is 0.467. The minimum Gasteiger partial charge on any atom is -0.338 e. The molecule has 0 amide bonds. The van der Waals surface area contributed by atoms with Gasteiger partial charge >= 0.3 is 6.18 Å². The van der Waals surface area contributed by atoms with Gasteiger partial charge in [-0.3, -0.25) is 4.90 Å². The van der Waals surface area contributed by atoms with E-state index >= 15 is 0 Å². The van der Waals surface area contributed by atoms with Crippen LogP contribution >= 0.6 is 0 Å². The van der Waals surface area contributed by atoms with Crippen LogP contribution in [-0.2, 0) is 13.0 Å². The lowest BCUT2D eigenvalue weighted by Gasteiger charge is -2.14. The average molecular weight is 326 g/mol. The average Bonchev–Trinajstić information content (AvgIpc) is 3.05. The first-order valence-corrected chi connectivity index (χ1v) is 7.32. The summed E-state index contributed by atoms with van der Waals surface area (Å²) < 4.78 is 41.8. The molecule has 2 aromatic rings. The van der Waals surface area contributed by atoms with E-state index in [0.717, 1.165) is 5.56 Å². The highest BCUT2D eigenvalue weighted by molar-refractivity contribution is 5.23. The first-order valence-electron chi connectivity index (χ1n) is 7.32. The number of hydrogen-bond acceptors (Lipinski definition) is 5. The number of alkyl halides is 3. The van der Waals surface area contributed by atoms with E-state index in [1.165, 1.54) is 0 Å². The molecule has 0 unspecified atom stereocenters. The molecule has 8 heteroatoms. The van der Waals surface area contributed by atoms with Crippen molar-refractivity contribution in [2.75, 3.05) is 13.1 Å². The summed E-state index contributed by atoms with van der Waals surface area (Å²) >= 11 is 0. The Labute approximate surface area is 131 Å². The van der Waals surface area contributed by atoms with E-state index in [1.807, 2.05) is 35.2 Å². The van der Waals surface area contributed by atoms with Gasteiger partial charge in [0.25, 0.3) is 0 Å². The SMILES string of the molecule is N[C@@H]1CN(Cc2nc(CC(F)(F)F)no2)C[C@H]1c1ccccc1. The highest BCUT2D eigenvalue weighted by atomic mass is 19.4. The molecule has 23 heavy (non-hydrogen) atoms. The zero-order chi connectivity index (χ0) is 16.4. The van der Waals surface area contributed by atoms with E-state index in [-0.39, 0.29) is 23.7 Å². The molecule has 2 N–H and O–H groups in total. The Bertz CT molecular complexity index is 644. The van der Waals surface area contributed by atoms with E-state index in [9.17, 15) is 13.2 Å². The highest BCUT2D eigenvalue weighted by Gasteiger charge is 2.33. The van der Waals surface area contributed by atoms with Crippen molar-refractivity contribution in [1.29, 1.82) is 0 Å². The van der Waals surface area contributed by atoms with E-state index in [1.54, 1.807) is 0 Å². The number of aromatic nitrogens is 2. The lowest BCUT2D eigenvalue weighted by Crippen LogP contribution is -2.28. The molecule has 5 nitrogen and oxygen atoms in total. The maximum absolute atomic E-state index is 12.3. The van der Waals surface area contributed by atoms with Gasteiger partial charge in [-0.1, -0.05) is 35.5 Å². The van der Waals surface area contributed by atoms with Crippen LogP contribution < -0.4 is 5.73 Å². The summed E-state index contributed by atoms with van der Waals surface area (Å²) in [6, 6.07) is 9.90. The predicted octanol–water partition coefficient (Wildman–Crippen LogP) is 2.10. The second-order valence-corrected chi connectivity index (χ2v) is 5.77. The molecule has 1 saturated heterocycles. The van der Waals surface area contributed by atoms with E-state index < -0.39 is 12.6 Å². The van der Waals surface area contributed by atoms with E-state index in [4.69, 9.17) is 10.3 Å². The summed E-state index contributed by atoms with van der Waals surface area (Å²) in [5, 5.41) is 3.38. The minimum atomic E-state index is -4.34. The Morgan fingerprint density at radius 2 is 1.96 bits per heavy atom. The number of hydrogen-bond donors (Lipinski definition) is 1. The van der Waals surface area contributed by atoms with Crippen LogP contribution in [0.3, 0.4) is 0 Å². The Balaban J connectivity index is 1.61. The molecule has 1 fully saturated rings. The maximum atomic E-state index is 12.3. The van der Waals surface area contributed by atoms with Crippen molar-refractivity contribution in [3.63, 3.8) is 0 Å². The molecule has 124 valence electrons. The third-order valence-corrected chi connectivity index (χ3v) is 3.90. The molecule has 1 aromatic carbocycles. The van der Waals surface area contributed by atoms with Gasteiger partial charge in [0.15, 0.2) is 5.82 Å². The quantitative estimate of drug-likeness (QED) is 0.932. The largest absolute Gasteiger partial charge is 0.396 e. The van der Waals surface area contributed by atoms with Gasteiger partial charge in [-0.25, -0.2) is 0 Å². The third-order valence-electron chi connectivity index (χ3n) is 3.90. The lowest BCUT2D eigenvalue weighted by molar-refractivity contribution is -0.128. The van der Waals surface area contributed by atoms with Crippen molar-refractivity contribution in [1.82, 2.24) is 15.0 Å². The lowest BCUT2D eigenvalue weighted by atomic mass is 9.95. The monoisotopic (exact) mass is 326 g/mol. The Morgan fingerprint density at radius 3 is 2.65 bits per heavy atom. The molecule has 0 saturated carbocycles. The van der Waals surface area contributed by atoms with Crippen molar-refractivity contribution in [3.05, 3.63) is 47.6 Å². The number of nitrogens with zero attached hydrogens (tertiary/aromatic N) is 3. The highest BCUT2D eigenvalue weighted by Crippen LogP contribution is 2.27. The standard InChI is InChI=1S/C15H17F3N4O/c16-15(17,18)6-13-20-14(23-21-13)9-22-7-11(12(19)8-22)10-4-2-1-3-5-10/h1-5,11-12H,6-9,19H2/t11-,12+/m0/s1. The molecule has 0 spiro atoms. The van der Waals surface area contributed by atoms with Crippen molar-refractivity contribution in [2.45, 2.75) is 31.1 Å². The molecule has 2 heterocycles. The molecule has 0 bridgehead atoms. The van der Waals surface area contributed by atoms with Gasteiger partial charge in [0.1, 0.15) is 6.42 Å². The fourth-order valence-corrected chi connectivity index (χ4v) is 2.89. The van der Waals surface area contributed by atoms with Crippen LogP contribution in [0.4, 0.5) is 13.2 Å². The van der Waals surface area contributed by atoms with Crippen molar-refractivity contribution < 1.29 is 17.7 Å². The fourth-order valence-electron chi connectivity index (χ4n) is 2.89. The number of benzene rings is 1. The smallest absolute Gasteiger partial charge is 0.338 e. The maximum Gasteiger partial charge on any atom is 0.396 e. The summed E-state index contributed by atoms with van der Waals surface area (Å²) in [7, 11) is 0. The Hall–Kier alpha value is -1.93. The normalized spacial score (nSPS) is 22.6. The first kappa shape index (κ1) is 15.9. The zero-order valence-corrected chi connectivity index (χ0v) is 12.3. The number of likely N-dealkylation sites (tertiary alicyclic amines) is 1. The molecular formula is C15H17F3N4O. The van der Waals surface area contributed by atoms with Gasteiger partial charge in [0.2, 0.25) is 5.89 Å². The van der Waals surface area contributed by atoms with Gasteiger partial charge in [-0.05, 0) is 5.56 Å². The predicted molar refractivity (Wildman–Crippen MR) is 76.5 cm³/mol. The molecule has 1 aromatic heterocycles. The number of rotatable bonds is 4. The minimum absolute atomic E-state index is 0.0324. The summed E-state index contributed by atoms with van der Waals surface area (Å²) in [5.41, 5.74) is 7.34. The first-order chi connectivity index (χ1) is 10.9. The summed E-state index contributed by atoms with van der Waals surface area (Å²) in [4.78, 5) is 5.82. The second kappa shape index (κ2) is 6.29. The van der Waals surface area contributed by atoms with Gasteiger partial charge in [0.05, 0.1) is 6.54 Å². The Morgan fingerprint density at radius 1 is 1.22 bits per heavy atom.